The number of fused-ring (bicyclic) bond motifs is 1. The number of hydrogen-bond donors (Lipinski definition) is 1. The summed E-state index contributed by atoms with van der Waals surface area (Å²) in [5, 5.41) is 15.9. The molecule has 0 aromatic heterocycles. The number of carbonyl (C=O) groups is 1. The number of benzene rings is 2. The Kier molecular flexibility index (Phi) is 8.47. The Hall–Kier alpha value is -3.30. The number of ether oxygens (including phenoxy) is 3. The molecule has 2 aliphatic heterocycles. The minimum atomic E-state index is -0.496. The molecule has 1 N–H and O–H groups in total. The summed E-state index contributed by atoms with van der Waals surface area (Å²) in [5.74, 6) is 1.01. The molecule has 0 saturated carbocycles. The Labute approximate surface area is 232 Å². The molecule has 10 heteroatoms. The fraction of sp³-hybridized carbons (Fsp3) is 0.357. The van der Waals surface area contributed by atoms with Crippen LogP contribution in [0.15, 0.2) is 52.1 Å². The van der Waals surface area contributed by atoms with Crippen molar-refractivity contribution < 1.29 is 19.0 Å². The van der Waals surface area contributed by atoms with Crippen LogP contribution in [0.1, 0.15) is 51.7 Å². The first-order valence-electron chi connectivity index (χ1n) is 12.3. The van der Waals surface area contributed by atoms with E-state index in [1.165, 1.54) is 29.4 Å². The average molecular weight is 555 g/mol. The number of hydrogen-bond acceptors (Lipinski definition) is 7. The van der Waals surface area contributed by atoms with Gasteiger partial charge in [0, 0.05) is 0 Å². The minimum Gasteiger partial charge on any atom is -0.493 e. The van der Waals surface area contributed by atoms with E-state index in [-0.39, 0.29) is 23.4 Å². The van der Waals surface area contributed by atoms with E-state index in [0.29, 0.717) is 33.9 Å². The molecule has 0 atom stereocenters. The number of amidine groups is 2. The van der Waals surface area contributed by atoms with E-state index in [4.69, 9.17) is 31.2 Å². The maximum Gasteiger partial charge on any atom is 0.283 e. The third kappa shape index (κ3) is 6.22. The zero-order valence-electron chi connectivity index (χ0n) is 22.1. The summed E-state index contributed by atoms with van der Waals surface area (Å²) in [7, 11) is 1.51. The van der Waals surface area contributed by atoms with E-state index >= 15 is 0 Å². The zero-order valence-corrected chi connectivity index (χ0v) is 23.7. The molecule has 0 aliphatic carbocycles. The van der Waals surface area contributed by atoms with Gasteiger partial charge in [0.1, 0.15) is 24.0 Å². The van der Waals surface area contributed by atoms with Crippen molar-refractivity contribution in [2.45, 2.75) is 46.0 Å². The van der Waals surface area contributed by atoms with E-state index in [2.05, 4.69) is 43.0 Å². The number of nitrogens with zero attached hydrogens (tertiary/aromatic N) is 3. The van der Waals surface area contributed by atoms with Gasteiger partial charge in [-0.2, -0.15) is 15.1 Å². The van der Waals surface area contributed by atoms with Crippen LogP contribution in [0.4, 0.5) is 0 Å². The monoisotopic (exact) mass is 554 g/mol. The second-order valence-electron chi connectivity index (χ2n) is 9.77. The van der Waals surface area contributed by atoms with Gasteiger partial charge in [-0.25, -0.2) is 0 Å². The number of nitrogens with one attached hydrogen (secondary N) is 1. The Balaban J connectivity index is 1.44. The van der Waals surface area contributed by atoms with Crippen LogP contribution in [-0.2, 0) is 10.2 Å². The summed E-state index contributed by atoms with van der Waals surface area (Å²) in [6.45, 7) is 9.12. The van der Waals surface area contributed by atoms with Crippen LogP contribution in [0.5, 0.6) is 17.2 Å². The van der Waals surface area contributed by atoms with Gasteiger partial charge in [0.05, 0.1) is 17.7 Å². The summed E-state index contributed by atoms with van der Waals surface area (Å²) in [6.07, 6.45) is 3.25. The number of rotatable bonds is 9. The van der Waals surface area contributed by atoms with Gasteiger partial charge in [0.2, 0.25) is 5.17 Å². The molecule has 0 bridgehead atoms. The smallest absolute Gasteiger partial charge is 0.283 e. The average Bonchev–Trinajstić information content (AvgIpc) is 3.27. The molecule has 0 radical (unpaired) electrons. The van der Waals surface area contributed by atoms with Crippen LogP contribution in [-0.4, -0.2) is 47.3 Å². The Morgan fingerprint density at radius 3 is 2.50 bits per heavy atom. The maximum atomic E-state index is 12.7. The molecule has 2 aromatic carbocycles. The van der Waals surface area contributed by atoms with Crippen molar-refractivity contribution in [1.82, 2.24) is 5.01 Å². The number of halogens is 1. The standard InChI is InChI=1S/C28H31ClN4O4S/c1-6-7-23-32-33-25(30)20(26(34)31-27(33)38-23)14-17-15-21(29)24(22(16-17)35-5)37-13-12-36-19-10-8-18(9-11-19)28(2,3)4/h8-11,14-16,30H,6-7,12-13H2,1-5H3/b20-14-,30-25?. The number of carbonyl (C=O) groups excluding carboxylic acids is 1. The molecule has 200 valence electrons. The summed E-state index contributed by atoms with van der Waals surface area (Å²) in [6, 6.07) is 11.4. The highest BCUT2D eigenvalue weighted by atomic mass is 35.5. The summed E-state index contributed by atoms with van der Waals surface area (Å²) in [5.41, 5.74) is 2.01. The first kappa shape index (κ1) is 27.7. The normalized spacial score (nSPS) is 16.4. The second-order valence-corrected chi connectivity index (χ2v) is 11.2. The van der Waals surface area contributed by atoms with Gasteiger partial charge >= 0.3 is 0 Å². The molecule has 1 amide bonds. The van der Waals surface area contributed by atoms with Crippen LogP contribution in [0.25, 0.3) is 6.08 Å². The number of aliphatic imine (C=N–C) groups is 1. The van der Waals surface area contributed by atoms with Crippen molar-refractivity contribution in [1.29, 1.82) is 5.41 Å². The summed E-state index contributed by atoms with van der Waals surface area (Å²) in [4.78, 5) is 16.8. The molecule has 0 saturated heterocycles. The molecule has 0 fully saturated rings. The molecular formula is C28H31ClN4O4S. The highest BCUT2D eigenvalue weighted by molar-refractivity contribution is 8.26. The lowest BCUT2D eigenvalue weighted by Gasteiger charge is -2.20. The van der Waals surface area contributed by atoms with Gasteiger partial charge in [-0.05, 0) is 71.5 Å². The highest BCUT2D eigenvalue weighted by Gasteiger charge is 2.35. The van der Waals surface area contributed by atoms with Crippen molar-refractivity contribution in [2.24, 2.45) is 10.1 Å². The summed E-state index contributed by atoms with van der Waals surface area (Å²) < 4.78 is 17.2. The Bertz CT molecular complexity index is 1330. The molecular weight excluding hydrogens is 524 g/mol. The predicted octanol–water partition coefficient (Wildman–Crippen LogP) is 6.52. The van der Waals surface area contributed by atoms with Crippen molar-refractivity contribution in [2.75, 3.05) is 20.3 Å². The summed E-state index contributed by atoms with van der Waals surface area (Å²) >= 11 is 7.85. The molecule has 2 heterocycles. The number of hydrazone groups is 1. The van der Waals surface area contributed by atoms with Crippen LogP contribution in [0.2, 0.25) is 5.02 Å². The fourth-order valence-corrected chi connectivity index (χ4v) is 5.09. The quantitative estimate of drug-likeness (QED) is 0.280. The fourth-order valence-electron chi connectivity index (χ4n) is 3.83. The van der Waals surface area contributed by atoms with Gasteiger partial charge in [0.15, 0.2) is 17.3 Å². The molecule has 0 unspecified atom stereocenters. The third-order valence-corrected chi connectivity index (χ3v) is 7.09. The van der Waals surface area contributed by atoms with Gasteiger partial charge in [-0.3, -0.25) is 10.2 Å². The van der Waals surface area contributed by atoms with Gasteiger partial charge in [-0.15, -0.1) is 0 Å². The van der Waals surface area contributed by atoms with Gasteiger partial charge < -0.3 is 14.2 Å². The lowest BCUT2D eigenvalue weighted by Crippen LogP contribution is -2.35. The van der Waals surface area contributed by atoms with E-state index in [9.17, 15) is 4.79 Å². The number of methoxy groups -OCH3 is 1. The molecule has 2 aromatic rings. The van der Waals surface area contributed by atoms with Crippen LogP contribution in [0, 0.1) is 5.41 Å². The van der Waals surface area contributed by atoms with E-state index < -0.39 is 5.91 Å². The lowest BCUT2D eigenvalue weighted by molar-refractivity contribution is -0.114. The third-order valence-electron chi connectivity index (χ3n) is 5.84. The number of amides is 1. The highest BCUT2D eigenvalue weighted by Crippen LogP contribution is 2.38. The van der Waals surface area contributed by atoms with Crippen molar-refractivity contribution >= 4 is 51.4 Å². The van der Waals surface area contributed by atoms with Crippen molar-refractivity contribution in [3.8, 4) is 17.2 Å². The molecule has 0 spiro atoms. The van der Waals surface area contributed by atoms with Crippen LogP contribution < -0.4 is 14.2 Å². The first-order valence-corrected chi connectivity index (χ1v) is 13.5. The molecule has 8 nitrogen and oxygen atoms in total. The maximum absolute atomic E-state index is 12.7. The van der Waals surface area contributed by atoms with E-state index in [1.54, 1.807) is 18.2 Å². The lowest BCUT2D eigenvalue weighted by atomic mass is 9.87. The van der Waals surface area contributed by atoms with Crippen molar-refractivity contribution in [3.63, 3.8) is 0 Å². The van der Waals surface area contributed by atoms with Crippen LogP contribution >= 0.6 is 23.4 Å². The second kappa shape index (κ2) is 11.6. The Morgan fingerprint density at radius 1 is 1.13 bits per heavy atom. The van der Waals surface area contributed by atoms with E-state index in [0.717, 1.165) is 23.6 Å². The van der Waals surface area contributed by atoms with Gasteiger partial charge in [-0.1, -0.05) is 51.4 Å². The SMILES string of the molecule is CCCC1=NN2C(=N)/C(=C/c3cc(Cl)c(OCCOc4ccc(C(C)(C)C)cc4)c(OC)c3)C(=O)N=C2S1. The molecule has 2 aliphatic rings. The first-order chi connectivity index (χ1) is 18.1. The molecule has 4 rings (SSSR count). The molecule has 38 heavy (non-hydrogen) atoms. The minimum absolute atomic E-state index is 0.0262. The van der Waals surface area contributed by atoms with Gasteiger partial charge in [0.25, 0.3) is 5.91 Å². The van der Waals surface area contributed by atoms with Crippen molar-refractivity contribution in [3.05, 3.63) is 58.1 Å². The number of thioether (sulfide) groups is 1. The van der Waals surface area contributed by atoms with Crippen LogP contribution in [0.3, 0.4) is 0 Å². The van der Waals surface area contributed by atoms with E-state index in [1.807, 2.05) is 19.1 Å². The zero-order chi connectivity index (χ0) is 27.4. The Morgan fingerprint density at radius 2 is 1.84 bits per heavy atom. The topological polar surface area (TPSA) is 96.6 Å². The largest absolute Gasteiger partial charge is 0.493 e. The predicted molar refractivity (Wildman–Crippen MR) is 154 cm³/mol.